The van der Waals surface area contributed by atoms with Crippen LogP contribution in [0.4, 0.5) is 0 Å². The van der Waals surface area contributed by atoms with E-state index in [-0.39, 0.29) is 11.6 Å². The molecule has 1 heterocycles. The van der Waals surface area contributed by atoms with Crippen molar-refractivity contribution in [1.29, 1.82) is 0 Å². The van der Waals surface area contributed by atoms with Gasteiger partial charge >= 0.3 is 0 Å². The molecule has 1 saturated heterocycles. The van der Waals surface area contributed by atoms with Crippen LogP contribution in [0.1, 0.15) is 34.6 Å². The van der Waals surface area contributed by atoms with Gasteiger partial charge in [0.05, 0.1) is 18.8 Å². The van der Waals surface area contributed by atoms with E-state index in [1.807, 2.05) is 20.8 Å². The minimum atomic E-state index is -0.220. The molecular weight excluding hydrogens is 180 g/mol. The highest BCUT2D eigenvalue weighted by Gasteiger charge is 2.41. The van der Waals surface area contributed by atoms with E-state index in [1.165, 1.54) is 0 Å². The quantitative estimate of drug-likeness (QED) is 0.551. The number of hydrogen-bond donors (Lipinski definition) is 1. The zero-order valence-electron chi connectivity index (χ0n) is 10.00. The van der Waals surface area contributed by atoms with Crippen LogP contribution in [-0.2, 0) is 9.68 Å². The fourth-order valence-corrected chi connectivity index (χ4v) is 1.49. The highest BCUT2D eigenvalue weighted by molar-refractivity contribution is 4.99. The highest BCUT2D eigenvalue weighted by atomic mass is 17.0. The molecule has 1 rings (SSSR count). The van der Waals surface area contributed by atoms with Gasteiger partial charge in [-0.2, -0.15) is 0 Å². The van der Waals surface area contributed by atoms with Crippen LogP contribution >= 0.6 is 0 Å². The monoisotopic (exact) mass is 202 g/mol. The second-order valence-electron chi connectivity index (χ2n) is 4.89. The first-order valence-electron chi connectivity index (χ1n) is 5.13. The van der Waals surface area contributed by atoms with E-state index in [9.17, 15) is 0 Å². The second kappa shape index (κ2) is 4.14. The van der Waals surface area contributed by atoms with Crippen molar-refractivity contribution < 1.29 is 9.68 Å². The van der Waals surface area contributed by atoms with Gasteiger partial charge in [-0.25, -0.2) is 0 Å². The molecule has 2 unspecified atom stereocenters. The van der Waals surface area contributed by atoms with Crippen LogP contribution in [0, 0.1) is 0 Å². The molecule has 0 saturated carbocycles. The fourth-order valence-electron chi connectivity index (χ4n) is 1.49. The van der Waals surface area contributed by atoms with E-state index in [0.29, 0.717) is 12.1 Å². The van der Waals surface area contributed by atoms with Gasteiger partial charge in [0.1, 0.15) is 0 Å². The van der Waals surface area contributed by atoms with Gasteiger partial charge in [-0.15, -0.1) is 0 Å². The van der Waals surface area contributed by atoms with Gasteiger partial charge in [-0.3, -0.25) is 9.68 Å². The molecule has 1 aliphatic heterocycles. The predicted molar refractivity (Wildman–Crippen MR) is 55.5 cm³/mol. The Labute approximate surface area is 86.5 Å². The Morgan fingerprint density at radius 3 is 2.14 bits per heavy atom. The van der Waals surface area contributed by atoms with Gasteiger partial charge in [-0.05, 0) is 34.6 Å². The molecule has 0 aromatic carbocycles. The third-order valence-corrected chi connectivity index (χ3v) is 2.28. The van der Waals surface area contributed by atoms with Crippen molar-refractivity contribution >= 4 is 0 Å². The van der Waals surface area contributed by atoms with E-state index in [0.717, 1.165) is 0 Å². The molecule has 4 nitrogen and oxygen atoms in total. The lowest BCUT2D eigenvalue weighted by molar-refractivity contribution is -0.407. The van der Waals surface area contributed by atoms with E-state index in [4.69, 9.17) is 9.68 Å². The summed E-state index contributed by atoms with van der Waals surface area (Å²) < 4.78 is 0. The molecule has 84 valence electrons. The second-order valence-corrected chi connectivity index (χ2v) is 4.89. The number of hydroxylamine groups is 2. The minimum absolute atomic E-state index is 0.220. The van der Waals surface area contributed by atoms with Gasteiger partial charge in [0, 0.05) is 12.1 Å². The number of nitrogens with one attached hydrogen (secondary N) is 1. The summed E-state index contributed by atoms with van der Waals surface area (Å²) in [5.41, 5.74) is -0.220. The molecule has 1 N–H and O–H groups in total. The smallest absolute Gasteiger partial charge is 0.0842 e. The van der Waals surface area contributed by atoms with Crippen molar-refractivity contribution in [2.45, 2.75) is 58.3 Å². The zero-order chi connectivity index (χ0) is 10.9. The minimum Gasteiger partial charge on any atom is -0.307 e. The van der Waals surface area contributed by atoms with E-state index < -0.39 is 0 Å². The summed E-state index contributed by atoms with van der Waals surface area (Å²) in [6.45, 7) is 10.3. The van der Waals surface area contributed by atoms with Gasteiger partial charge in [0.15, 0.2) is 0 Å². The average Bonchev–Trinajstić information content (AvgIpc) is 2.75. The largest absolute Gasteiger partial charge is 0.307 e. The van der Waals surface area contributed by atoms with Crippen molar-refractivity contribution in [2.75, 3.05) is 7.11 Å². The summed E-state index contributed by atoms with van der Waals surface area (Å²) in [6.07, 6.45) is 0. The van der Waals surface area contributed by atoms with Crippen LogP contribution in [0.25, 0.3) is 0 Å². The Bertz CT molecular complexity index is 191. The fraction of sp³-hybridized carbons (Fsp3) is 1.00. The SMILES string of the molecule is CON(OC(C)(C)C)[C@H](C)C1NC1C. The van der Waals surface area contributed by atoms with Gasteiger partial charge < -0.3 is 5.32 Å². The maximum absolute atomic E-state index is 5.67. The lowest BCUT2D eigenvalue weighted by atomic mass is 10.2. The first kappa shape index (κ1) is 11.9. The zero-order valence-corrected chi connectivity index (χ0v) is 10.00. The Balaban J connectivity index is 2.45. The lowest BCUT2D eigenvalue weighted by Crippen LogP contribution is -2.42. The summed E-state index contributed by atoms with van der Waals surface area (Å²) in [7, 11) is 1.63. The molecule has 0 radical (unpaired) electrons. The molecular formula is C10H22N2O2. The molecule has 0 aliphatic carbocycles. The maximum Gasteiger partial charge on any atom is 0.0842 e. The Morgan fingerprint density at radius 1 is 1.36 bits per heavy atom. The van der Waals surface area contributed by atoms with Gasteiger partial charge in [-0.1, -0.05) is 5.23 Å². The van der Waals surface area contributed by atoms with Crippen LogP contribution < -0.4 is 5.32 Å². The maximum atomic E-state index is 5.67. The van der Waals surface area contributed by atoms with E-state index >= 15 is 0 Å². The average molecular weight is 202 g/mol. The normalized spacial score (nSPS) is 29.4. The van der Waals surface area contributed by atoms with Crippen molar-refractivity contribution in [2.24, 2.45) is 0 Å². The molecule has 4 heteroatoms. The van der Waals surface area contributed by atoms with E-state index in [2.05, 4.69) is 19.2 Å². The summed E-state index contributed by atoms with van der Waals surface area (Å²) >= 11 is 0. The van der Waals surface area contributed by atoms with E-state index in [1.54, 1.807) is 12.3 Å². The summed E-state index contributed by atoms with van der Waals surface area (Å²) in [5.74, 6) is 0. The first-order chi connectivity index (χ1) is 6.35. The molecule has 0 spiro atoms. The third kappa shape index (κ3) is 3.20. The van der Waals surface area contributed by atoms with Crippen molar-refractivity contribution in [3.8, 4) is 0 Å². The molecule has 0 bridgehead atoms. The molecule has 1 aliphatic rings. The molecule has 3 atom stereocenters. The Hall–Kier alpha value is -0.160. The summed E-state index contributed by atoms with van der Waals surface area (Å²) in [4.78, 5) is 10.9. The van der Waals surface area contributed by atoms with Crippen LogP contribution in [0.3, 0.4) is 0 Å². The highest BCUT2D eigenvalue weighted by Crippen LogP contribution is 2.21. The lowest BCUT2D eigenvalue weighted by Gasteiger charge is -2.31. The standard InChI is InChI=1S/C10H22N2O2/c1-7-9(11-7)8(2)12(13-6)14-10(3,4)5/h7-9,11H,1-6H3/t7?,8-,9?/m1/s1. The van der Waals surface area contributed by atoms with Crippen LogP contribution in [0.5, 0.6) is 0 Å². The molecule has 0 aromatic rings. The van der Waals surface area contributed by atoms with Crippen LogP contribution in [0.15, 0.2) is 0 Å². The number of nitrogens with zero attached hydrogens (tertiary/aromatic N) is 1. The Morgan fingerprint density at radius 2 is 1.86 bits per heavy atom. The van der Waals surface area contributed by atoms with Gasteiger partial charge in [0.2, 0.25) is 0 Å². The third-order valence-electron chi connectivity index (χ3n) is 2.28. The molecule has 0 aromatic heterocycles. The number of rotatable bonds is 4. The summed E-state index contributed by atoms with van der Waals surface area (Å²) in [5, 5.41) is 4.91. The van der Waals surface area contributed by atoms with Crippen molar-refractivity contribution in [3.05, 3.63) is 0 Å². The predicted octanol–water partition coefficient (Wildman–Crippen LogP) is 1.33. The Kier molecular flexibility index (Phi) is 3.53. The van der Waals surface area contributed by atoms with Crippen LogP contribution in [-0.4, -0.2) is 36.1 Å². The molecule has 1 fully saturated rings. The number of hydrogen-bond acceptors (Lipinski definition) is 4. The van der Waals surface area contributed by atoms with Crippen molar-refractivity contribution in [3.63, 3.8) is 0 Å². The van der Waals surface area contributed by atoms with Gasteiger partial charge in [0.25, 0.3) is 0 Å². The molecule has 14 heavy (non-hydrogen) atoms. The molecule has 0 amide bonds. The van der Waals surface area contributed by atoms with Crippen LogP contribution in [0.2, 0.25) is 0 Å². The summed E-state index contributed by atoms with van der Waals surface area (Å²) in [6, 6.07) is 1.26. The first-order valence-corrected chi connectivity index (χ1v) is 5.13. The topological polar surface area (TPSA) is 43.6 Å². The van der Waals surface area contributed by atoms with Crippen molar-refractivity contribution in [1.82, 2.24) is 10.5 Å².